The first-order chi connectivity index (χ1) is 15.4. The molecule has 0 aliphatic carbocycles. The number of likely N-dealkylation sites (tertiary alicyclic amines) is 1. The number of likely N-dealkylation sites (N-methyl/N-ethyl adjacent to an activating group) is 1. The molecule has 1 fully saturated rings. The van der Waals surface area contributed by atoms with Crippen molar-refractivity contribution in [1.29, 1.82) is 0 Å². The molecule has 7 nitrogen and oxygen atoms in total. The van der Waals surface area contributed by atoms with Gasteiger partial charge in [-0.25, -0.2) is 14.6 Å². The number of thiazole rings is 1. The van der Waals surface area contributed by atoms with Crippen LogP contribution in [0.2, 0.25) is 0 Å². The Bertz CT molecular complexity index is 1020. The molecule has 0 amide bonds. The molecule has 2 aromatic carbocycles. The summed E-state index contributed by atoms with van der Waals surface area (Å²) in [5, 5.41) is 15.9. The Labute approximate surface area is 191 Å². The Hall–Kier alpha value is -3.23. The molecule has 1 aromatic heterocycles. The molecule has 3 aromatic rings. The summed E-state index contributed by atoms with van der Waals surface area (Å²) >= 11 is 1.80. The number of benzene rings is 2. The van der Waals surface area contributed by atoms with E-state index in [0.29, 0.717) is 6.04 Å². The normalized spacial score (nSPS) is 16.5. The number of rotatable bonds is 5. The second-order valence-corrected chi connectivity index (χ2v) is 8.56. The highest BCUT2D eigenvalue weighted by atomic mass is 32.1. The van der Waals surface area contributed by atoms with Gasteiger partial charge in [0, 0.05) is 26.2 Å². The molecule has 0 saturated carbocycles. The summed E-state index contributed by atoms with van der Waals surface area (Å²) in [6, 6.07) is 19.5. The fraction of sp³-hybridized carbons (Fsp3) is 0.292. The van der Waals surface area contributed by atoms with E-state index in [-0.39, 0.29) is 0 Å². The number of hydrogen-bond acceptors (Lipinski definition) is 6. The predicted octanol–water partition coefficient (Wildman–Crippen LogP) is 4.07. The van der Waals surface area contributed by atoms with Crippen LogP contribution in [0.5, 0.6) is 0 Å². The number of piperidine rings is 1. The largest absolute Gasteiger partial charge is 0.473 e. The predicted molar refractivity (Wildman–Crippen MR) is 128 cm³/mol. The van der Waals surface area contributed by atoms with Crippen molar-refractivity contribution in [3.63, 3.8) is 0 Å². The van der Waals surface area contributed by atoms with Gasteiger partial charge in [-0.3, -0.25) is 4.90 Å². The van der Waals surface area contributed by atoms with Crippen molar-refractivity contribution >= 4 is 44.7 Å². The molecule has 1 aliphatic heterocycles. The smallest absolute Gasteiger partial charge is 0.414 e. The topological polar surface area (TPSA) is 94.0 Å². The van der Waals surface area contributed by atoms with E-state index in [4.69, 9.17) is 24.8 Å². The molecule has 1 saturated heterocycles. The van der Waals surface area contributed by atoms with Crippen LogP contribution in [0, 0.1) is 0 Å². The average molecular weight is 454 g/mol. The van der Waals surface area contributed by atoms with Crippen LogP contribution < -0.4 is 4.90 Å². The van der Waals surface area contributed by atoms with Crippen molar-refractivity contribution in [2.75, 3.05) is 31.6 Å². The van der Waals surface area contributed by atoms with Gasteiger partial charge in [0.05, 0.1) is 10.2 Å². The van der Waals surface area contributed by atoms with Gasteiger partial charge in [-0.1, -0.05) is 66.0 Å². The standard InChI is InChI=1S/C22H25N3S.C2H2O4/c1-24(22-23-20-13-5-6-14-21(20)26-22)19-12-8-16-25(17-19)15-7-11-18-9-3-2-4-10-18;3-1(4)2(5)6/h2-7,9-11,13-14,19H,8,12,15-17H2,1H3;(H,3,4)(H,5,6)/b11-7+;. The van der Waals surface area contributed by atoms with E-state index >= 15 is 0 Å². The fourth-order valence-electron chi connectivity index (χ4n) is 3.58. The van der Waals surface area contributed by atoms with Crippen LogP contribution >= 0.6 is 11.3 Å². The lowest BCUT2D eigenvalue weighted by Gasteiger charge is -2.37. The Balaban J connectivity index is 0.000000427. The van der Waals surface area contributed by atoms with E-state index in [1.807, 2.05) is 0 Å². The molecule has 1 atom stereocenters. The highest BCUT2D eigenvalue weighted by Crippen LogP contribution is 2.30. The molecule has 0 spiro atoms. The number of anilines is 1. The lowest BCUT2D eigenvalue weighted by Crippen LogP contribution is -2.46. The maximum atomic E-state index is 9.10. The van der Waals surface area contributed by atoms with Gasteiger partial charge in [0.15, 0.2) is 5.13 Å². The summed E-state index contributed by atoms with van der Waals surface area (Å²) in [5.41, 5.74) is 2.38. The van der Waals surface area contributed by atoms with Gasteiger partial charge in [0.1, 0.15) is 0 Å². The van der Waals surface area contributed by atoms with Crippen molar-refractivity contribution in [2.24, 2.45) is 0 Å². The summed E-state index contributed by atoms with van der Waals surface area (Å²) in [4.78, 5) is 28.0. The number of carbonyl (C=O) groups is 2. The summed E-state index contributed by atoms with van der Waals surface area (Å²) in [6.07, 6.45) is 7.00. The maximum absolute atomic E-state index is 9.10. The minimum absolute atomic E-state index is 0.537. The van der Waals surface area contributed by atoms with E-state index < -0.39 is 11.9 Å². The first kappa shape index (κ1) is 23.4. The monoisotopic (exact) mass is 453 g/mol. The Morgan fingerprint density at radius 2 is 1.81 bits per heavy atom. The molecule has 1 unspecified atom stereocenters. The van der Waals surface area contributed by atoms with Gasteiger partial charge in [0.2, 0.25) is 0 Å². The Morgan fingerprint density at radius 1 is 1.12 bits per heavy atom. The lowest BCUT2D eigenvalue weighted by molar-refractivity contribution is -0.159. The number of aliphatic carboxylic acids is 2. The maximum Gasteiger partial charge on any atom is 0.414 e. The van der Waals surface area contributed by atoms with E-state index in [0.717, 1.165) is 23.7 Å². The second kappa shape index (κ2) is 11.4. The van der Waals surface area contributed by atoms with Crippen molar-refractivity contribution in [1.82, 2.24) is 9.88 Å². The lowest BCUT2D eigenvalue weighted by atomic mass is 10.0. The quantitative estimate of drug-likeness (QED) is 0.563. The van der Waals surface area contributed by atoms with Gasteiger partial charge in [0.25, 0.3) is 0 Å². The molecular formula is C24H27N3O4S. The Kier molecular flexibility index (Phi) is 8.35. The zero-order valence-electron chi connectivity index (χ0n) is 17.9. The highest BCUT2D eigenvalue weighted by Gasteiger charge is 2.24. The van der Waals surface area contributed by atoms with Crippen molar-refractivity contribution in [3.8, 4) is 0 Å². The third-order valence-electron chi connectivity index (χ3n) is 5.27. The summed E-state index contributed by atoms with van der Waals surface area (Å²) in [6.45, 7) is 3.30. The van der Waals surface area contributed by atoms with Gasteiger partial charge in [-0.05, 0) is 37.1 Å². The number of carboxylic acids is 2. The molecule has 4 rings (SSSR count). The summed E-state index contributed by atoms with van der Waals surface area (Å²) in [5.74, 6) is -3.65. The molecule has 1 aliphatic rings. The molecule has 168 valence electrons. The number of nitrogens with zero attached hydrogens (tertiary/aromatic N) is 3. The van der Waals surface area contributed by atoms with E-state index in [2.05, 4.69) is 83.6 Å². The van der Waals surface area contributed by atoms with Gasteiger partial charge < -0.3 is 15.1 Å². The molecule has 2 heterocycles. The molecule has 2 N–H and O–H groups in total. The van der Waals surface area contributed by atoms with Crippen LogP contribution in [0.3, 0.4) is 0 Å². The zero-order chi connectivity index (χ0) is 22.9. The molecule has 0 bridgehead atoms. The number of fused-ring (bicyclic) bond motifs is 1. The van der Waals surface area contributed by atoms with Gasteiger partial charge in [-0.2, -0.15) is 0 Å². The molecule has 0 radical (unpaired) electrons. The van der Waals surface area contributed by atoms with Crippen molar-refractivity contribution in [2.45, 2.75) is 18.9 Å². The van der Waals surface area contributed by atoms with Crippen LogP contribution in [0.15, 0.2) is 60.7 Å². The van der Waals surface area contributed by atoms with E-state index in [1.54, 1.807) is 11.3 Å². The molecule has 8 heteroatoms. The first-order valence-corrected chi connectivity index (χ1v) is 11.2. The van der Waals surface area contributed by atoms with Gasteiger partial charge >= 0.3 is 11.9 Å². The van der Waals surface area contributed by atoms with Crippen LogP contribution in [0.1, 0.15) is 18.4 Å². The van der Waals surface area contributed by atoms with E-state index in [1.165, 1.54) is 29.6 Å². The van der Waals surface area contributed by atoms with Gasteiger partial charge in [-0.15, -0.1) is 0 Å². The van der Waals surface area contributed by atoms with Crippen molar-refractivity contribution < 1.29 is 19.8 Å². The number of hydrogen-bond donors (Lipinski definition) is 2. The third-order valence-corrected chi connectivity index (χ3v) is 6.40. The van der Waals surface area contributed by atoms with E-state index in [9.17, 15) is 0 Å². The minimum Gasteiger partial charge on any atom is -0.473 e. The van der Waals surface area contributed by atoms with Crippen LogP contribution in [0.25, 0.3) is 16.3 Å². The number of para-hydroxylation sites is 1. The Morgan fingerprint density at radius 3 is 2.50 bits per heavy atom. The zero-order valence-corrected chi connectivity index (χ0v) is 18.7. The average Bonchev–Trinajstić information content (AvgIpc) is 3.24. The number of aromatic nitrogens is 1. The van der Waals surface area contributed by atoms with Crippen LogP contribution in [0.4, 0.5) is 5.13 Å². The van der Waals surface area contributed by atoms with Crippen LogP contribution in [-0.4, -0.2) is 64.8 Å². The van der Waals surface area contributed by atoms with Crippen molar-refractivity contribution in [3.05, 3.63) is 66.2 Å². The number of carboxylic acid groups (broad SMARTS) is 2. The second-order valence-electron chi connectivity index (χ2n) is 7.55. The molecular weight excluding hydrogens is 426 g/mol. The third kappa shape index (κ3) is 6.63. The van der Waals surface area contributed by atoms with Crippen LogP contribution in [-0.2, 0) is 9.59 Å². The summed E-state index contributed by atoms with van der Waals surface area (Å²) in [7, 11) is 2.20. The SMILES string of the molecule is CN(c1nc2ccccc2s1)C1CCCN(C/C=C/c2ccccc2)C1.O=C(O)C(=O)O. The summed E-state index contributed by atoms with van der Waals surface area (Å²) < 4.78 is 1.27. The fourth-order valence-corrected chi connectivity index (χ4v) is 4.58. The molecule has 32 heavy (non-hydrogen) atoms. The first-order valence-electron chi connectivity index (χ1n) is 10.4. The highest BCUT2D eigenvalue weighted by molar-refractivity contribution is 7.22. The minimum atomic E-state index is -1.82.